The summed E-state index contributed by atoms with van der Waals surface area (Å²) in [4.78, 5) is 5.45. The quantitative estimate of drug-likeness (QED) is 0.746. The van der Waals surface area contributed by atoms with Gasteiger partial charge < -0.3 is 4.90 Å². The predicted molar refractivity (Wildman–Crippen MR) is 58.4 cm³/mol. The first-order valence-corrected chi connectivity index (χ1v) is 5.50. The van der Waals surface area contributed by atoms with E-state index in [9.17, 15) is 8.78 Å². The highest BCUT2D eigenvalue weighted by molar-refractivity contribution is 9.10. The minimum Gasteiger partial charge on any atom is -0.363 e. The maximum atomic E-state index is 13.0. The van der Waals surface area contributed by atoms with Crippen LogP contribution in [0.2, 0.25) is 0 Å². The molecule has 1 saturated heterocycles. The molecule has 0 bridgehead atoms. The zero-order chi connectivity index (χ0) is 11.8. The molecule has 0 amide bonds. The van der Waals surface area contributed by atoms with Crippen molar-refractivity contribution >= 4 is 21.6 Å². The third-order valence-electron chi connectivity index (χ3n) is 2.46. The molecule has 16 heavy (non-hydrogen) atoms. The van der Waals surface area contributed by atoms with Crippen LogP contribution in [-0.2, 0) is 0 Å². The van der Waals surface area contributed by atoms with Gasteiger partial charge >= 0.3 is 0 Å². The van der Waals surface area contributed by atoms with Crippen molar-refractivity contribution in [3.63, 3.8) is 0 Å². The van der Waals surface area contributed by atoms with E-state index in [-0.39, 0.29) is 25.2 Å². The van der Waals surface area contributed by atoms with Crippen molar-refractivity contribution in [1.29, 1.82) is 5.26 Å². The normalized spacial score (nSPS) is 18.5. The lowest BCUT2D eigenvalue weighted by molar-refractivity contribution is 0.0257. The molecular formula is C10H8BrF2N3. The lowest BCUT2D eigenvalue weighted by Gasteiger charge is -2.18. The van der Waals surface area contributed by atoms with Gasteiger partial charge in [-0.2, -0.15) is 5.26 Å². The first-order valence-electron chi connectivity index (χ1n) is 4.71. The van der Waals surface area contributed by atoms with Crippen molar-refractivity contribution < 1.29 is 8.78 Å². The summed E-state index contributed by atoms with van der Waals surface area (Å²) in [6.45, 7) is -0.0873. The smallest absolute Gasteiger partial charge is 0.266 e. The Balaban J connectivity index is 2.32. The van der Waals surface area contributed by atoms with E-state index in [1.165, 1.54) is 4.90 Å². The van der Waals surface area contributed by atoms with Crippen LogP contribution in [0.15, 0.2) is 16.7 Å². The molecule has 0 spiro atoms. The molecule has 1 aliphatic rings. The standard InChI is InChI=1S/C10H8BrF2N3/c11-9-2-1-8(7(5-14)15-9)16-4-3-10(12,13)6-16/h1-2H,3-4,6H2. The number of pyridine rings is 1. The molecule has 2 heterocycles. The maximum Gasteiger partial charge on any atom is 0.266 e. The Labute approximate surface area is 99.8 Å². The summed E-state index contributed by atoms with van der Waals surface area (Å²) in [6, 6.07) is 5.19. The molecule has 0 unspecified atom stereocenters. The second kappa shape index (κ2) is 3.98. The van der Waals surface area contributed by atoms with E-state index in [0.717, 1.165) is 0 Å². The summed E-state index contributed by atoms with van der Waals surface area (Å²) in [6.07, 6.45) is -0.173. The molecule has 0 saturated carbocycles. The molecule has 0 atom stereocenters. The highest BCUT2D eigenvalue weighted by atomic mass is 79.9. The van der Waals surface area contributed by atoms with Gasteiger partial charge in [-0.15, -0.1) is 0 Å². The Bertz CT molecular complexity index is 456. The average molecular weight is 288 g/mol. The Morgan fingerprint density at radius 2 is 2.25 bits per heavy atom. The lowest BCUT2D eigenvalue weighted by Crippen LogP contribution is -2.25. The number of hydrogen-bond acceptors (Lipinski definition) is 3. The highest BCUT2D eigenvalue weighted by Crippen LogP contribution is 2.32. The number of rotatable bonds is 1. The van der Waals surface area contributed by atoms with Crippen LogP contribution in [0.1, 0.15) is 12.1 Å². The number of nitriles is 1. The van der Waals surface area contributed by atoms with Crippen molar-refractivity contribution in [1.82, 2.24) is 4.98 Å². The van der Waals surface area contributed by atoms with E-state index in [1.54, 1.807) is 12.1 Å². The summed E-state index contributed by atoms with van der Waals surface area (Å²) in [5, 5.41) is 8.89. The molecular weight excluding hydrogens is 280 g/mol. The van der Waals surface area contributed by atoms with Crippen LogP contribution in [0.25, 0.3) is 0 Å². The number of alkyl halides is 2. The van der Waals surface area contributed by atoms with E-state index in [4.69, 9.17) is 5.26 Å². The van der Waals surface area contributed by atoms with Gasteiger partial charge in [0.05, 0.1) is 12.2 Å². The molecule has 1 aliphatic heterocycles. The first kappa shape index (κ1) is 11.3. The van der Waals surface area contributed by atoms with Gasteiger partial charge in [-0.05, 0) is 28.1 Å². The largest absolute Gasteiger partial charge is 0.363 e. The minimum absolute atomic E-state index is 0.173. The van der Waals surface area contributed by atoms with Crippen molar-refractivity contribution in [3.05, 3.63) is 22.4 Å². The molecule has 1 aromatic rings. The van der Waals surface area contributed by atoms with E-state index >= 15 is 0 Å². The van der Waals surface area contributed by atoms with Crippen molar-refractivity contribution in [2.24, 2.45) is 0 Å². The number of halogens is 3. The Hall–Kier alpha value is -1.22. The van der Waals surface area contributed by atoms with Crippen molar-refractivity contribution in [2.75, 3.05) is 18.0 Å². The average Bonchev–Trinajstić information content (AvgIpc) is 2.58. The fourth-order valence-electron chi connectivity index (χ4n) is 1.71. The summed E-state index contributed by atoms with van der Waals surface area (Å²) in [7, 11) is 0. The molecule has 3 nitrogen and oxygen atoms in total. The van der Waals surface area contributed by atoms with E-state index < -0.39 is 5.92 Å². The van der Waals surface area contributed by atoms with Gasteiger partial charge in [-0.1, -0.05) is 0 Å². The Kier molecular flexibility index (Phi) is 2.80. The highest BCUT2D eigenvalue weighted by Gasteiger charge is 2.39. The van der Waals surface area contributed by atoms with Crippen LogP contribution < -0.4 is 4.90 Å². The molecule has 0 radical (unpaired) electrons. The van der Waals surface area contributed by atoms with Crippen molar-refractivity contribution in [3.8, 4) is 6.07 Å². The van der Waals surface area contributed by atoms with E-state index in [1.807, 2.05) is 6.07 Å². The number of hydrogen-bond donors (Lipinski definition) is 0. The zero-order valence-electron chi connectivity index (χ0n) is 8.25. The number of anilines is 1. The molecule has 84 valence electrons. The van der Waals surface area contributed by atoms with Gasteiger partial charge in [0.2, 0.25) is 0 Å². The Morgan fingerprint density at radius 1 is 1.50 bits per heavy atom. The maximum absolute atomic E-state index is 13.0. The molecule has 1 aromatic heterocycles. The van der Waals surface area contributed by atoms with Gasteiger partial charge in [-0.25, -0.2) is 13.8 Å². The van der Waals surface area contributed by atoms with Gasteiger partial charge in [-0.3, -0.25) is 0 Å². The molecule has 0 aromatic carbocycles. The van der Waals surface area contributed by atoms with Crippen LogP contribution in [-0.4, -0.2) is 24.0 Å². The first-order chi connectivity index (χ1) is 7.52. The molecule has 0 aliphatic carbocycles. The van der Waals surface area contributed by atoms with E-state index in [0.29, 0.717) is 10.3 Å². The fraction of sp³-hybridized carbons (Fsp3) is 0.400. The fourth-order valence-corrected chi connectivity index (χ4v) is 2.02. The second-order valence-electron chi connectivity index (χ2n) is 3.64. The van der Waals surface area contributed by atoms with Crippen LogP contribution >= 0.6 is 15.9 Å². The van der Waals surface area contributed by atoms with Gasteiger partial charge in [0.1, 0.15) is 10.7 Å². The second-order valence-corrected chi connectivity index (χ2v) is 4.45. The summed E-state index contributed by atoms with van der Waals surface area (Å²) in [5.74, 6) is -2.67. The predicted octanol–water partition coefficient (Wildman–Crippen LogP) is 2.56. The van der Waals surface area contributed by atoms with Gasteiger partial charge in [0.25, 0.3) is 5.92 Å². The number of nitrogens with zero attached hydrogens (tertiary/aromatic N) is 3. The minimum atomic E-state index is -2.67. The van der Waals surface area contributed by atoms with Crippen LogP contribution in [0.5, 0.6) is 0 Å². The van der Waals surface area contributed by atoms with Gasteiger partial charge in [0.15, 0.2) is 5.69 Å². The van der Waals surface area contributed by atoms with Gasteiger partial charge in [0, 0.05) is 13.0 Å². The Morgan fingerprint density at radius 3 is 2.81 bits per heavy atom. The zero-order valence-corrected chi connectivity index (χ0v) is 9.84. The van der Waals surface area contributed by atoms with Crippen LogP contribution in [0.3, 0.4) is 0 Å². The van der Waals surface area contributed by atoms with Crippen molar-refractivity contribution in [2.45, 2.75) is 12.3 Å². The van der Waals surface area contributed by atoms with Crippen LogP contribution in [0, 0.1) is 11.3 Å². The third kappa shape index (κ3) is 2.14. The monoisotopic (exact) mass is 287 g/mol. The SMILES string of the molecule is N#Cc1nc(Br)ccc1N1CCC(F)(F)C1. The summed E-state index contributed by atoms with van der Waals surface area (Å²) < 4.78 is 26.6. The van der Waals surface area contributed by atoms with Crippen LogP contribution in [0.4, 0.5) is 14.5 Å². The summed E-state index contributed by atoms with van der Waals surface area (Å²) >= 11 is 3.14. The topological polar surface area (TPSA) is 39.9 Å². The lowest BCUT2D eigenvalue weighted by atomic mass is 10.3. The molecule has 2 rings (SSSR count). The number of aromatic nitrogens is 1. The molecule has 1 fully saturated rings. The van der Waals surface area contributed by atoms with E-state index in [2.05, 4.69) is 20.9 Å². The third-order valence-corrected chi connectivity index (χ3v) is 2.90. The molecule has 6 heteroatoms. The summed E-state index contributed by atoms with van der Waals surface area (Å²) in [5.41, 5.74) is 0.648. The molecule has 0 N–H and O–H groups in total.